The molecular weight excluding hydrogens is 376 g/mol. The second kappa shape index (κ2) is 10.9. The van der Waals surface area contributed by atoms with Gasteiger partial charge in [-0.2, -0.15) is 0 Å². The highest BCUT2D eigenvalue weighted by molar-refractivity contribution is 5.92. The van der Waals surface area contributed by atoms with E-state index in [2.05, 4.69) is 5.32 Å². The van der Waals surface area contributed by atoms with Crippen molar-refractivity contribution in [2.24, 2.45) is 17.6 Å². The van der Waals surface area contributed by atoms with Gasteiger partial charge in [0, 0.05) is 13.5 Å². The fourth-order valence-corrected chi connectivity index (χ4v) is 2.96. The maximum atomic E-state index is 13.0. The number of ether oxygens (including phenoxy) is 2. The van der Waals surface area contributed by atoms with E-state index in [1.807, 2.05) is 44.2 Å². The first kappa shape index (κ1) is 24.6. The number of carbonyl (C=O) groups is 3. The van der Waals surface area contributed by atoms with Gasteiger partial charge in [-0.25, -0.2) is 4.79 Å². The van der Waals surface area contributed by atoms with E-state index in [-0.39, 0.29) is 24.9 Å². The summed E-state index contributed by atoms with van der Waals surface area (Å²) in [6.07, 6.45) is -0.0593. The summed E-state index contributed by atoms with van der Waals surface area (Å²) in [6.45, 7) is 7.06. The van der Waals surface area contributed by atoms with Crippen molar-refractivity contribution in [1.82, 2.24) is 5.32 Å². The Labute approximate surface area is 171 Å². The van der Waals surface area contributed by atoms with E-state index >= 15 is 0 Å². The molecule has 4 N–H and O–H groups in total. The van der Waals surface area contributed by atoms with E-state index in [0.717, 1.165) is 12.7 Å². The summed E-state index contributed by atoms with van der Waals surface area (Å²) in [4.78, 5) is 37.4. The molecule has 0 aliphatic heterocycles. The topological polar surface area (TPSA) is 128 Å². The summed E-state index contributed by atoms with van der Waals surface area (Å²) in [6, 6.07) is 8.12. The van der Waals surface area contributed by atoms with E-state index in [0.29, 0.717) is 0 Å². The Bertz CT molecular complexity index is 692. The summed E-state index contributed by atoms with van der Waals surface area (Å²) in [5, 5.41) is 13.2. The second-order valence-electron chi connectivity index (χ2n) is 7.68. The monoisotopic (exact) mass is 408 g/mol. The van der Waals surface area contributed by atoms with Crippen LogP contribution in [0.3, 0.4) is 0 Å². The van der Waals surface area contributed by atoms with Gasteiger partial charge in [-0.05, 0) is 31.7 Å². The van der Waals surface area contributed by atoms with Crippen LogP contribution < -0.4 is 11.1 Å². The molecule has 0 saturated heterocycles. The lowest BCUT2D eigenvalue weighted by Gasteiger charge is -2.33. The Hall–Kier alpha value is -2.45. The minimum absolute atomic E-state index is 0.0537. The normalized spacial score (nSPS) is 15.4. The smallest absolute Gasteiger partial charge is 0.329 e. The van der Waals surface area contributed by atoms with Crippen molar-refractivity contribution in [3.8, 4) is 0 Å². The van der Waals surface area contributed by atoms with Crippen LogP contribution >= 0.6 is 0 Å². The summed E-state index contributed by atoms with van der Waals surface area (Å²) in [5.74, 6) is -6.35. The maximum Gasteiger partial charge on any atom is 0.329 e. The van der Waals surface area contributed by atoms with Crippen molar-refractivity contribution in [2.45, 2.75) is 58.5 Å². The lowest BCUT2D eigenvalue weighted by molar-refractivity contribution is -0.218. The maximum absolute atomic E-state index is 13.0. The number of primary amides is 1. The van der Waals surface area contributed by atoms with Crippen LogP contribution in [-0.4, -0.2) is 47.9 Å². The number of nitrogens with two attached hydrogens (primary N) is 1. The van der Waals surface area contributed by atoms with Gasteiger partial charge >= 0.3 is 5.97 Å². The molecule has 162 valence electrons. The van der Waals surface area contributed by atoms with Gasteiger partial charge in [0.25, 0.3) is 11.7 Å². The first-order valence-corrected chi connectivity index (χ1v) is 9.63. The van der Waals surface area contributed by atoms with Gasteiger partial charge in [0.1, 0.15) is 12.0 Å². The molecular formula is C21H32N2O6. The second-order valence-corrected chi connectivity index (χ2v) is 7.68. The third-order valence-corrected chi connectivity index (χ3v) is 4.40. The van der Waals surface area contributed by atoms with Gasteiger partial charge in [-0.3, -0.25) is 9.59 Å². The molecule has 0 bridgehead atoms. The number of esters is 1. The number of nitrogens with one attached hydrogen (secondary N) is 1. The number of rotatable bonds is 11. The van der Waals surface area contributed by atoms with Gasteiger partial charge in [-0.15, -0.1) is 0 Å². The molecule has 0 aliphatic rings. The highest BCUT2D eigenvalue weighted by Crippen LogP contribution is 2.26. The Morgan fingerprint density at radius 1 is 1.14 bits per heavy atom. The van der Waals surface area contributed by atoms with Crippen LogP contribution in [0.25, 0.3) is 0 Å². The number of hydrogen-bond donors (Lipinski definition) is 3. The largest absolute Gasteiger partial charge is 0.461 e. The van der Waals surface area contributed by atoms with Gasteiger partial charge in [0.05, 0.1) is 6.10 Å². The minimum Gasteiger partial charge on any atom is -0.461 e. The van der Waals surface area contributed by atoms with Gasteiger partial charge in [0.15, 0.2) is 0 Å². The zero-order valence-electron chi connectivity index (χ0n) is 17.7. The minimum atomic E-state index is -2.49. The standard InChI is InChI=1S/C21H32N2O6/c1-13(2)11-16(21(27,28-5)20(22)26)18(24)23-17(19(25)29-14(3)4)12-15-9-7-6-8-10-15/h6-10,13-14,16-17,27H,11-12H2,1-5H3,(H2,22,26)(H,23,24)/t16?,17-,21-/m0/s1. The highest BCUT2D eigenvalue weighted by atomic mass is 16.6. The summed E-state index contributed by atoms with van der Waals surface area (Å²) >= 11 is 0. The molecule has 0 heterocycles. The summed E-state index contributed by atoms with van der Waals surface area (Å²) in [7, 11) is 1.10. The predicted octanol–water partition coefficient (Wildman–Crippen LogP) is 1.15. The SMILES string of the molecule is CO[C@](O)(C(N)=O)C(CC(C)C)C(=O)N[C@@H](Cc1ccccc1)C(=O)OC(C)C. The van der Waals surface area contributed by atoms with Crippen LogP contribution in [0.4, 0.5) is 0 Å². The molecule has 0 radical (unpaired) electrons. The van der Waals surface area contributed by atoms with E-state index in [1.54, 1.807) is 13.8 Å². The molecule has 8 heteroatoms. The van der Waals surface area contributed by atoms with Crippen LogP contribution in [0.5, 0.6) is 0 Å². The van der Waals surface area contributed by atoms with Crippen LogP contribution in [0.2, 0.25) is 0 Å². The Balaban J connectivity index is 3.16. The zero-order valence-corrected chi connectivity index (χ0v) is 17.7. The lowest BCUT2D eigenvalue weighted by Crippen LogP contribution is -2.58. The zero-order chi connectivity index (χ0) is 22.2. The third-order valence-electron chi connectivity index (χ3n) is 4.40. The first-order chi connectivity index (χ1) is 13.5. The molecule has 1 rings (SSSR count). The Morgan fingerprint density at radius 3 is 2.17 bits per heavy atom. The van der Waals surface area contributed by atoms with Crippen molar-refractivity contribution in [3.05, 3.63) is 35.9 Å². The van der Waals surface area contributed by atoms with Crippen molar-refractivity contribution >= 4 is 17.8 Å². The van der Waals surface area contributed by atoms with Crippen LogP contribution in [0, 0.1) is 11.8 Å². The van der Waals surface area contributed by atoms with E-state index in [1.165, 1.54) is 0 Å². The van der Waals surface area contributed by atoms with Crippen molar-refractivity contribution < 1.29 is 29.0 Å². The quantitative estimate of drug-likeness (QED) is 0.372. The molecule has 1 aromatic carbocycles. The van der Waals surface area contributed by atoms with Crippen molar-refractivity contribution in [3.63, 3.8) is 0 Å². The van der Waals surface area contributed by atoms with Crippen molar-refractivity contribution in [2.75, 3.05) is 7.11 Å². The van der Waals surface area contributed by atoms with Crippen LogP contribution in [0.15, 0.2) is 30.3 Å². The van der Waals surface area contributed by atoms with E-state index in [9.17, 15) is 19.5 Å². The van der Waals surface area contributed by atoms with Gasteiger partial charge in [-0.1, -0.05) is 44.2 Å². The predicted molar refractivity (Wildman–Crippen MR) is 107 cm³/mol. The molecule has 1 aromatic rings. The Kier molecular flexibility index (Phi) is 9.26. The number of carbonyl (C=O) groups excluding carboxylic acids is 3. The molecule has 2 amide bonds. The summed E-state index contributed by atoms with van der Waals surface area (Å²) < 4.78 is 10.2. The molecule has 1 unspecified atom stereocenters. The van der Waals surface area contributed by atoms with Crippen LogP contribution in [-0.2, 0) is 30.3 Å². The van der Waals surface area contributed by atoms with Crippen LogP contribution in [0.1, 0.15) is 39.7 Å². The van der Waals surface area contributed by atoms with E-state index in [4.69, 9.17) is 15.2 Å². The molecule has 0 fully saturated rings. The third kappa shape index (κ3) is 7.14. The molecule has 0 saturated carbocycles. The molecule has 29 heavy (non-hydrogen) atoms. The molecule has 0 aliphatic carbocycles. The highest BCUT2D eigenvalue weighted by Gasteiger charge is 2.48. The summed E-state index contributed by atoms with van der Waals surface area (Å²) in [5.41, 5.74) is 6.11. The molecule has 8 nitrogen and oxygen atoms in total. The van der Waals surface area contributed by atoms with Gasteiger partial charge in [0.2, 0.25) is 5.91 Å². The molecule has 3 atom stereocenters. The number of amides is 2. The number of aliphatic hydroxyl groups is 1. The number of methoxy groups -OCH3 is 1. The fraction of sp³-hybridized carbons (Fsp3) is 0.571. The average Bonchev–Trinajstić information content (AvgIpc) is 2.64. The Morgan fingerprint density at radius 2 is 1.72 bits per heavy atom. The van der Waals surface area contributed by atoms with E-state index < -0.39 is 35.5 Å². The molecule has 0 aromatic heterocycles. The number of benzene rings is 1. The average molecular weight is 408 g/mol. The number of hydrogen-bond acceptors (Lipinski definition) is 6. The molecule has 0 spiro atoms. The van der Waals surface area contributed by atoms with Gasteiger partial charge < -0.3 is 25.6 Å². The lowest BCUT2D eigenvalue weighted by atomic mass is 9.87. The first-order valence-electron chi connectivity index (χ1n) is 9.63. The van der Waals surface area contributed by atoms with Crippen molar-refractivity contribution in [1.29, 1.82) is 0 Å². The fourth-order valence-electron chi connectivity index (χ4n) is 2.96.